The molecule has 3 heteroatoms. The predicted molar refractivity (Wildman–Crippen MR) is 128 cm³/mol. The molecule has 0 spiro atoms. The highest BCUT2D eigenvalue weighted by Crippen LogP contribution is 2.61. The molecule has 0 aliphatic heterocycles. The van der Waals surface area contributed by atoms with E-state index in [9.17, 15) is 0 Å². The second-order valence-electron chi connectivity index (χ2n) is 9.03. The number of hydrogen-bond acceptors (Lipinski definition) is 0. The molecular weight excluding hydrogens is 402 g/mol. The van der Waals surface area contributed by atoms with Crippen molar-refractivity contribution < 1.29 is 0 Å². The summed E-state index contributed by atoms with van der Waals surface area (Å²) in [5, 5.41) is 0. The Morgan fingerprint density at radius 1 is 0.571 bits per heavy atom. The van der Waals surface area contributed by atoms with Crippen LogP contribution in [-0.2, 0) is 0 Å². The van der Waals surface area contributed by atoms with Gasteiger partial charge in [0.25, 0.3) is 0 Å². The maximum Gasteiger partial charge on any atom is 0.132 e. The molecule has 0 nitrogen and oxygen atoms in total. The number of hydrogen-bond donors (Lipinski definition) is 0. The quantitative estimate of drug-likeness (QED) is 0.322. The standard InChI is InChI=1S/C18H33P.C7H6Cl2/c1-4-10-16(11-5-1)19(17-12-6-2-7-13-17)18-14-8-3-9-15-18;8-7(9)6-4-2-1-3-5-6/h16-18H,1-15H2;1-5,7H. The van der Waals surface area contributed by atoms with Gasteiger partial charge in [-0.2, -0.15) is 0 Å². The molecule has 3 aliphatic rings. The Morgan fingerprint density at radius 3 is 1.21 bits per heavy atom. The van der Waals surface area contributed by atoms with Crippen molar-refractivity contribution >= 4 is 31.1 Å². The Morgan fingerprint density at radius 2 is 0.929 bits per heavy atom. The Labute approximate surface area is 184 Å². The monoisotopic (exact) mass is 440 g/mol. The van der Waals surface area contributed by atoms with Crippen LogP contribution in [0.4, 0.5) is 0 Å². The van der Waals surface area contributed by atoms with Crippen molar-refractivity contribution in [3.8, 4) is 0 Å². The fourth-order valence-electron chi connectivity index (χ4n) is 5.63. The van der Waals surface area contributed by atoms with Crippen LogP contribution in [0.5, 0.6) is 0 Å². The van der Waals surface area contributed by atoms with E-state index in [4.69, 9.17) is 23.2 Å². The zero-order valence-corrected chi connectivity index (χ0v) is 19.9. The predicted octanol–water partition coefficient (Wildman–Crippen LogP) is 9.63. The summed E-state index contributed by atoms with van der Waals surface area (Å²) in [6.07, 6.45) is 23.6. The van der Waals surface area contributed by atoms with E-state index in [0.29, 0.717) is 7.92 Å². The van der Waals surface area contributed by atoms with E-state index in [1.54, 1.807) is 77.0 Å². The zero-order valence-electron chi connectivity index (χ0n) is 17.5. The molecule has 0 heterocycles. The SMILES string of the molecule is C1CCC(P(C2CCCCC2)C2CCCCC2)CC1.ClC(Cl)c1ccccc1. The van der Waals surface area contributed by atoms with E-state index < -0.39 is 4.84 Å². The molecule has 0 aromatic heterocycles. The summed E-state index contributed by atoms with van der Waals surface area (Å²) >= 11 is 11.1. The smallest absolute Gasteiger partial charge is 0.100 e. The lowest BCUT2D eigenvalue weighted by atomic mass is 9.99. The number of rotatable bonds is 4. The summed E-state index contributed by atoms with van der Waals surface area (Å²) in [5.41, 5.74) is 4.51. The fourth-order valence-corrected chi connectivity index (χ4v) is 10.6. The van der Waals surface area contributed by atoms with Crippen molar-refractivity contribution in [2.75, 3.05) is 0 Å². The Kier molecular flexibility index (Phi) is 10.5. The molecule has 4 rings (SSSR count). The summed E-state index contributed by atoms with van der Waals surface area (Å²) in [4.78, 5) is -0.397. The molecule has 3 saturated carbocycles. The van der Waals surface area contributed by atoms with Gasteiger partial charge in [0.05, 0.1) is 0 Å². The summed E-state index contributed by atoms with van der Waals surface area (Å²) < 4.78 is 0. The first-order valence-corrected chi connectivity index (χ1v) is 14.3. The van der Waals surface area contributed by atoms with Gasteiger partial charge in [-0.05, 0) is 61.1 Å². The van der Waals surface area contributed by atoms with Crippen molar-refractivity contribution in [1.29, 1.82) is 0 Å². The van der Waals surface area contributed by atoms with Gasteiger partial charge in [-0.25, -0.2) is 0 Å². The number of benzene rings is 1. The highest BCUT2D eigenvalue weighted by Gasteiger charge is 2.36. The van der Waals surface area contributed by atoms with Crippen molar-refractivity contribution in [2.45, 2.75) is 118 Å². The van der Waals surface area contributed by atoms with Crippen LogP contribution in [0.15, 0.2) is 30.3 Å². The Bertz CT molecular complexity index is 472. The van der Waals surface area contributed by atoms with Crippen LogP contribution in [0.2, 0.25) is 0 Å². The largest absolute Gasteiger partial charge is 0.132 e. The van der Waals surface area contributed by atoms with Crippen molar-refractivity contribution in [2.24, 2.45) is 0 Å². The molecule has 3 fully saturated rings. The van der Waals surface area contributed by atoms with E-state index >= 15 is 0 Å². The number of alkyl halides is 2. The van der Waals surface area contributed by atoms with Gasteiger partial charge in [-0.15, -0.1) is 23.2 Å². The second kappa shape index (κ2) is 12.8. The average molecular weight is 441 g/mol. The molecule has 0 amide bonds. The van der Waals surface area contributed by atoms with E-state index in [1.165, 1.54) is 36.2 Å². The highest BCUT2D eigenvalue weighted by atomic mass is 35.5. The first-order chi connectivity index (χ1) is 13.8. The van der Waals surface area contributed by atoms with Gasteiger partial charge in [-0.3, -0.25) is 0 Å². The third-order valence-corrected chi connectivity index (χ3v) is 11.6. The minimum atomic E-state index is -0.397. The molecular formula is C25H39Cl2P. The maximum absolute atomic E-state index is 5.57. The zero-order chi connectivity index (χ0) is 19.6. The summed E-state index contributed by atoms with van der Waals surface area (Å²) in [5.74, 6) is 0. The van der Waals surface area contributed by atoms with Crippen molar-refractivity contribution in [1.82, 2.24) is 0 Å². The molecule has 1 aromatic rings. The van der Waals surface area contributed by atoms with Gasteiger partial charge in [0, 0.05) is 0 Å². The van der Waals surface area contributed by atoms with Gasteiger partial charge in [-0.1, -0.05) is 96.0 Å². The lowest BCUT2D eigenvalue weighted by Gasteiger charge is -2.44. The summed E-state index contributed by atoms with van der Waals surface area (Å²) in [6.45, 7) is 0. The van der Waals surface area contributed by atoms with E-state index in [-0.39, 0.29) is 0 Å². The third kappa shape index (κ3) is 7.18. The second-order valence-corrected chi connectivity index (χ2v) is 13.2. The molecule has 0 N–H and O–H groups in total. The normalized spacial score (nSPS) is 22.9. The van der Waals surface area contributed by atoms with E-state index in [0.717, 1.165) is 5.56 Å². The number of halogens is 2. The van der Waals surface area contributed by atoms with Crippen LogP contribution in [0.3, 0.4) is 0 Å². The minimum absolute atomic E-state index is 0.385. The molecule has 0 bridgehead atoms. The van der Waals surface area contributed by atoms with Crippen molar-refractivity contribution in [3.05, 3.63) is 35.9 Å². The summed E-state index contributed by atoms with van der Waals surface area (Å²) in [7, 11) is 0.385. The topological polar surface area (TPSA) is 0 Å². The first-order valence-electron chi connectivity index (χ1n) is 11.9. The van der Waals surface area contributed by atoms with Gasteiger partial charge >= 0.3 is 0 Å². The minimum Gasteiger partial charge on any atom is -0.100 e. The lowest BCUT2D eigenvalue weighted by Crippen LogP contribution is -2.28. The molecule has 3 aliphatic carbocycles. The molecule has 158 valence electrons. The molecule has 28 heavy (non-hydrogen) atoms. The van der Waals surface area contributed by atoms with Crippen LogP contribution < -0.4 is 0 Å². The average Bonchev–Trinajstić information content (AvgIpc) is 2.77. The van der Waals surface area contributed by atoms with E-state index in [2.05, 4.69) is 0 Å². The molecule has 0 radical (unpaired) electrons. The van der Waals surface area contributed by atoms with Gasteiger partial charge in [0.15, 0.2) is 0 Å². The van der Waals surface area contributed by atoms with Crippen LogP contribution in [0.25, 0.3) is 0 Å². The first kappa shape index (κ1) is 22.9. The van der Waals surface area contributed by atoms with Crippen LogP contribution >= 0.6 is 31.1 Å². The van der Waals surface area contributed by atoms with Crippen LogP contribution in [0, 0.1) is 0 Å². The summed E-state index contributed by atoms with van der Waals surface area (Å²) in [6, 6.07) is 9.54. The molecule has 0 atom stereocenters. The molecule has 0 saturated heterocycles. The van der Waals surface area contributed by atoms with E-state index in [1.807, 2.05) is 30.3 Å². The maximum atomic E-state index is 5.57. The van der Waals surface area contributed by atoms with Gasteiger partial charge < -0.3 is 0 Å². The molecule has 1 aromatic carbocycles. The van der Waals surface area contributed by atoms with Gasteiger partial charge in [0.1, 0.15) is 4.84 Å². The fraction of sp³-hybridized carbons (Fsp3) is 0.760. The third-order valence-electron chi connectivity index (χ3n) is 7.04. The Balaban J connectivity index is 0.000000211. The van der Waals surface area contributed by atoms with Crippen LogP contribution in [0.1, 0.15) is 107 Å². The van der Waals surface area contributed by atoms with Crippen molar-refractivity contribution in [3.63, 3.8) is 0 Å². The van der Waals surface area contributed by atoms with Crippen LogP contribution in [-0.4, -0.2) is 17.0 Å². The molecule has 0 unspecified atom stereocenters. The highest BCUT2D eigenvalue weighted by molar-refractivity contribution is 7.60. The van der Waals surface area contributed by atoms with Gasteiger partial charge in [0.2, 0.25) is 0 Å². The lowest BCUT2D eigenvalue weighted by molar-refractivity contribution is 0.460. The Hall–Kier alpha value is 0.230.